The Morgan fingerprint density at radius 2 is 1.74 bits per heavy atom. The van der Waals surface area contributed by atoms with Crippen molar-refractivity contribution >= 4 is 28.7 Å². The molecule has 0 unspecified atom stereocenters. The minimum absolute atomic E-state index is 0.855. The molecule has 1 saturated heterocycles. The van der Waals surface area contributed by atoms with E-state index in [1.165, 1.54) is 33.5 Å². The van der Waals surface area contributed by atoms with E-state index in [9.17, 15) is 0 Å². The van der Waals surface area contributed by atoms with Crippen LogP contribution in [0.4, 0.5) is 11.4 Å². The molecule has 0 atom stereocenters. The van der Waals surface area contributed by atoms with Gasteiger partial charge < -0.3 is 9.80 Å². The molecular weight excluding hydrogens is 380 g/mol. The molecule has 31 heavy (non-hydrogen) atoms. The molecule has 0 amide bonds. The first kappa shape index (κ1) is 18.5. The van der Waals surface area contributed by atoms with Gasteiger partial charge in [0, 0.05) is 44.5 Å². The summed E-state index contributed by atoms with van der Waals surface area (Å²) in [5, 5.41) is 0. The quantitative estimate of drug-likeness (QED) is 0.637. The Balaban J connectivity index is 1.21. The van der Waals surface area contributed by atoms with Crippen LogP contribution >= 0.6 is 0 Å². The zero-order chi connectivity index (χ0) is 20.8. The van der Waals surface area contributed by atoms with E-state index in [2.05, 4.69) is 64.3 Å². The second-order valence-corrected chi connectivity index (χ2v) is 8.81. The van der Waals surface area contributed by atoms with Crippen molar-refractivity contribution in [3.05, 3.63) is 88.7 Å². The van der Waals surface area contributed by atoms with Gasteiger partial charge in [-0.1, -0.05) is 24.3 Å². The Morgan fingerprint density at radius 3 is 2.58 bits per heavy atom. The van der Waals surface area contributed by atoms with Crippen LogP contribution in [0, 0.1) is 0 Å². The summed E-state index contributed by atoms with van der Waals surface area (Å²) < 4.78 is 0. The third-order valence-electron chi connectivity index (χ3n) is 6.73. The number of rotatable bonds is 3. The lowest BCUT2D eigenvalue weighted by molar-refractivity contribution is 0.313. The fourth-order valence-electron chi connectivity index (χ4n) is 4.86. The van der Waals surface area contributed by atoms with Crippen LogP contribution in [0.25, 0.3) is 11.6 Å². The average Bonchev–Trinajstić information content (AvgIpc) is 3.43. The van der Waals surface area contributed by atoms with Crippen molar-refractivity contribution in [3.8, 4) is 0 Å². The first-order valence-electron chi connectivity index (χ1n) is 11.1. The van der Waals surface area contributed by atoms with Crippen molar-refractivity contribution in [1.29, 1.82) is 0 Å². The van der Waals surface area contributed by atoms with Crippen LogP contribution in [0.2, 0.25) is 0 Å². The molecule has 3 heterocycles. The number of hydrogen-bond donors (Lipinski definition) is 0. The van der Waals surface area contributed by atoms with E-state index in [-0.39, 0.29) is 0 Å². The molecule has 0 spiro atoms. The highest BCUT2D eigenvalue weighted by atomic mass is 15.2. The van der Waals surface area contributed by atoms with Crippen molar-refractivity contribution in [2.45, 2.75) is 12.8 Å². The molecule has 0 bridgehead atoms. The number of fused-ring (bicyclic) bond motifs is 2. The van der Waals surface area contributed by atoms with Gasteiger partial charge in [-0.25, -0.2) is 0 Å². The molecule has 4 nitrogen and oxygen atoms in total. The number of anilines is 1. The fourth-order valence-corrected chi connectivity index (χ4v) is 4.86. The summed E-state index contributed by atoms with van der Waals surface area (Å²) in [7, 11) is 2.21. The van der Waals surface area contributed by atoms with E-state index in [1.54, 1.807) is 0 Å². The molecule has 6 rings (SSSR count). The van der Waals surface area contributed by atoms with E-state index in [1.807, 2.05) is 24.4 Å². The van der Waals surface area contributed by atoms with E-state index < -0.39 is 0 Å². The van der Waals surface area contributed by atoms with Crippen LogP contribution in [0.3, 0.4) is 0 Å². The lowest BCUT2D eigenvalue weighted by Gasteiger charge is -2.34. The summed E-state index contributed by atoms with van der Waals surface area (Å²) >= 11 is 0. The van der Waals surface area contributed by atoms with Gasteiger partial charge >= 0.3 is 0 Å². The summed E-state index contributed by atoms with van der Waals surface area (Å²) in [6.07, 6.45) is 6.06. The van der Waals surface area contributed by atoms with Crippen LogP contribution < -0.4 is 4.90 Å². The molecule has 1 aromatic heterocycles. The number of likely N-dealkylation sites (N-methyl/N-ethyl adjacent to an activating group) is 1. The summed E-state index contributed by atoms with van der Waals surface area (Å²) in [5.74, 6) is 0. The summed E-state index contributed by atoms with van der Waals surface area (Å²) in [6, 6.07) is 19.7. The highest BCUT2D eigenvalue weighted by molar-refractivity contribution is 6.05. The van der Waals surface area contributed by atoms with E-state index in [0.717, 1.165) is 56.1 Å². The van der Waals surface area contributed by atoms with Crippen LogP contribution in [0.15, 0.2) is 65.8 Å². The van der Waals surface area contributed by atoms with Gasteiger partial charge in [0.15, 0.2) is 0 Å². The maximum atomic E-state index is 4.82. The molecule has 3 aromatic rings. The third kappa shape index (κ3) is 3.47. The second-order valence-electron chi connectivity index (χ2n) is 8.81. The molecule has 2 aliphatic heterocycles. The zero-order valence-corrected chi connectivity index (χ0v) is 17.9. The van der Waals surface area contributed by atoms with Crippen molar-refractivity contribution < 1.29 is 0 Å². The molecule has 0 saturated carbocycles. The number of hydrogen-bond acceptors (Lipinski definition) is 4. The van der Waals surface area contributed by atoms with Gasteiger partial charge in [-0.2, -0.15) is 0 Å². The first-order chi connectivity index (χ1) is 15.2. The number of nitrogens with zero attached hydrogens (tertiary/aromatic N) is 4. The maximum absolute atomic E-state index is 4.82. The van der Waals surface area contributed by atoms with Crippen molar-refractivity contribution in [2.24, 2.45) is 4.99 Å². The summed E-state index contributed by atoms with van der Waals surface area (Å²) in [4.78, 5) is 14.2. The molecule has 0 N–H and O–H groups in total. The smallest absolute Gasteiger partial charge is 0.0848 e. The highest BCUT2D eigenvalue weighted by Crippen LogP contribution is 2.37. The fraction of sp³-hybridized carbons (Fsp3) is 0.259. The third-order valence-corrected chi connectivity index (χ3v) is 6.73. The Morgan fingerprint density at radius 1 is 0.839 bits per heavy atom. The lowest BCUT2D eigenvalue weighted by Crippen LogP contribution is -2.44. The van der Waals surface area contributed by atoms with Crippen molar-refractivity contribution in [1.82, 2.24) is 9.88 Å². The number of benzene rings is 2. The van der Waals surface area contributed by atoms with Crippen LogP contribution in [-0.4, -0.2) is 48.8 Å². The molecule has 4 heteroatoms. The van der Waals surface area contributed by atoms with Gasteiger partial charge in [-0.3, -0.25) is 9.98 Å². The Kier molecular flexibility index (Phi) is 4.46. The predicted molar refractivity (Wildman–Crippen MR) is 128 cm³/mol. The topological polar surface area (TPSA) is 31.7 Å². The summed E-state index contributed by atoms with van der Waals surface area (Å²) in [5.41, 5.74) is 11.3. The molecule has 154 valence electrons. The minimum Gasteiger partial charge on any atom is -0.369 e. The second kappa shape index (κ2) is 7.47. The number of piperazine rings is 1. The number of pyridine rings is 1. The zero-order valence-electron chi connectivity index (χ0n) is 17.9. The normalized spacial score (nSPS) is 17.9. The number of aromatic nitrogens is 1. The van der Waals surface area contributed by atoms with Crippen molar-refractivity contribution in [3.63, 3.8) is 0 Å². The molecule has 1 aliphatic carbocycles. The van der Waals surface area contributed by atoms with Gasteiger partial charge in [0.2, 0.25) is 0 Å². The maximum Gasteiger partial charge on any atom is 0.0848 e. The SMILES string of the molecule is CN1CCN(c2ccc3c(c2)CC(c2ccc4c(c2)CC(c2ccccn2)=N4)=C3)CC1. The Bertz CT molecular complexity index is 1200. The van der Waals surface area contributed by atoms with Crippen LogP contribution in [0.1, 0.15) is 27.9 Å². The number of allylic oxidation sites excluding steroid dienone is 1. The Labute approximate surface area is 183 Å². The molecule has 3 aliphatic rings. The Hall–Kier alpha value is -3.24. The average molecular weight is 407 g/mol. The van der Waals surface area contributed by atoms with Gasteiger partial charge in [-0.05, 0) is 77.7 Å². The van der Waals surface area contributed by atoms with Crippen molar-refractivity contribution in [2.75, 3.05) is 38.1 Å². The van der Waals surface area contributed by atoms with E-state index in [0.29, 0.717) is 0 Å². The van der Waals surface area contributed by atoms with E-state index in [4.69, 9.17) is 4.99 Å². The van der Waals surface area contributed by atoms with Gasteiger partial charge in [0.1, 0.15) is 0 Å². The van der Waals surface area contributed by atoms with Gasteiger partial charge in [0.05, 0.1) is 17.1 Å². The standard InChI is InChI=1S/C27H26N4/c1-30-10-12-31(13-11-30)24-7-5-19-14-21(16-22(19)17-24)20-6-8-25-23(15-20)18-27(29-25)26-4-2-3-9-28-26/h2-9,14-15,17H,10-13,16,18H2,1H3. The van der Waals surface area contributed by atoms with E-state index >= 15 is 0 Å². The first-order valence-corrected chi connectivity index (χ1v) is 11.1. The number of aliphatic imine (C=N–C) groups is 1. The van der Waals surface area contributed by atoms with Gasteiger partial charge in [-0.15, -0.1) is 0 Å². The van der Waals surface area contributed by atoms with Crippen LogP contribution in [0.5, 0.6) is 0 Å². The molecule has 2 aromatic carbocycles. The van der Waals surface area contributed by atoms with Crippen LogP contribution in [-0.2, 0) is 12.8 Å². The summed E-state index contributed by atoms with van der Waals surface area (Å²) in [6.45, 7) is 4.49. The molecular formula is C27H26N4. The predicted octanol–water partition coefficient (Wildman–Crippen LogP) is 4.61. The minimum atomic E-state index is 0.855. The van der Waals surface area contributed by atoms with Gasteiger partial charge in [0.25, 0.3) is 0 Å². The highest BCUT2D eigenvalue weighted by Gasteiger charge is 2.21. The monoisotopic (exact) mass is 406 g/mol. The molecule has 0 radical (unpaired) electrons. The lowest BCUT2D eigenvalue weighted by atomic mass is 9.99. The largest absolute Gasteiger partial charge is 0.369 e. The molecule has 1 fully saturated rings.